The Labute approximate surface area is 121 Å². The fraction of sp³-hybridized carbons (Fsp3) is 0.188. The molecule has 1 fully saturated rings. The van der Waals surface area contributed by atoms with E-state index in [1.54, 1.807) is 12.1 Å². The number of amides is 1. The molecule has 0 spiro atoms. The highest BCUT2D eigenvalue weighted by molar-refractivity contribution is 5.95. The Kier molecular flexibility index (Phi) is 3.39. The lowest BCUT2D eigenvalue weighted by molar-refractivity contribution is -0.384. The van der Waals surface area contributed by atoms with E-state index in [4.69, 9.17) is 0 Å². The number of hydrogen-bond acceptors (Lipinski definition) is 3. The number of carbonyl (C=O) groups is 1. The molecule has 1 aliphatic rings. The van der Waals surface area contributed by atoms with E-state index in [1.807, 2.05) is 30.3 Å². The Bertz CT molecular complexity index is 668. The van der Waals surface area contributed by atoms with Gasteiger partial charge in [0.15, 0.2) is 0 Å². The Morgan fingerprint density at radius 2 is 1.76 bits per heavy atom. The summed E-state index contributed by atoms with van der Waals surface area (Å²) in [6.45, 7) is 0. The number of nitrogens with one attached hydrogen (secondary N) is 1. The minimum Gasteiger partial charge on any atom is -0.326 e. The van der Waals surface area contributed by atoms with E-state index in [0.29, 0.717) is 5.69 Å². The molecular weight excluding hydrogens is 268 g/mol. The molecule has 2 atom stereocenters. The molecule has 5 heteroatoms. The van der Waals surface area contributed by atoms with Crippen molar-refractivity contribution in [2.75, 3.05) is 5.32 Å². The summed E-state index contributed by atoms with van der Waals surface area (Å²) in [7, 11) is 0. The fourth-order valence-electron chi connectivity index (χ4n) is 2.45. The van der Waals surface area contributed by atoms with Crippen molar-refractivity contribution in [1.29, 1.82) is 0 Å². The minimum atomic E-state index is -0.460. The van der Waals surface area contributed by atoms with Gasteiger partial charge in [-0.2, -0.15) is 0 Å². The van der Waals surface area contributed by atoms with Gasteiger partial charge in [-0.25, -0.2) is 0 Å². The van der Waals surface area contributed by atoms with Crippen molar-refractivity contribution in [3.05, 3.63) is 70.3 Å². The minimum absolute atomic E-state index is 0.0115. The molecule has 0 heterocycles. The zero-order chi connectivity index (χ0) is 14.8. The van der Waals surface area contributed by atoms with Crippen molar-refractivity contribution in [2.45, 2.75) is 12.3 Å². The van der Waals surface area contributed by atoms with Crippen LogP contribution in [0.1, 0.15) is 17.9 Å². The molecule has 0 aliphatic heterocycles. The first-order valence-electron chi connectivity index (χ1n) is 6.75. The zero-order valence-corrected chi connectivity index (χ0v) is 11.2. The van der Waals surface area contributed by atoms with Gasteiger partial charge in [0, 0.05) is 23.7 Å². The number of benzene rings is 2. The van der Waals surface area contributed by atoms with Gasteiger partial charge in [0.1, 0.15) is 0 Å². The first-order chi connectivity index (χ1) is 10.1. The molecule has 2 aromatic carbocycles. The summed E-state index contributed by atoms with van der Waals surface area (Å²) in [5, 5.41) is 13.4. The third-order valence-corrected chi connectivity index (χ3v) is 3.70. The van der Waals surface area contributed by atoms with Crippen LogP contribution in [-0.2, 0) is 4.79 Å². The van der Waals surface area contributed by atoms with Crippen LogP contribution in [0.25, 0.3) is 0 Å². The van der Waals surface area contributed by atoms with Crippen LogP contribution in [0.5, 0.6) is 0 Å². The van der Waals surface area contributed by atoms with Crippen LogP contribution >= 0.6 is 0 Å². The number of nitro groups is 1. The van der Waals surface area contributed by atoms with Gasteiger partial charge in [0.05, 0.1) is 4.92 Å². The van der Waals surface area contributed by atoms with Crippen molar-refractivity contribution >= 4 is 17.3 Å². The largest absolute Gasteiger partial charge is 0.326 e. The van der Waals surface area contributed by atoms with Gasteiger partial charge < -0.3 is 5.32 Å². The van der Waals surface area contributed by atoms with Crippen LogP contribution in [0, 0.1) is 16.0 Å². The van der Waals surface area contributed by atoms with Crippen molar-refractivity contribution in [2.24, 2.45) is 5.92 Å². The zero-order valence-electron chi connectivity index (χ0n) is 11.2. The van der Waals surface area contributed by atoms with Crippen LogP contribution < -0.4 is 5.32 Å². The monoisotopic (exact) mass is 282 g/mol. The lowest BCUT2D eigenvalue weighted by Crippen LogP contribution is -2.14. The number of nitrogens with zero attached hydrogens (tertiary/aromatic N) is 1. The van der Waals surface area contributed by atoms with Crippen molar-refractivity contribution in [3.63, 3.8) is 0 Å². The van der Waals surface area contributed by atoms with Crippen LogP contribution in [0.15, 0.2) is 54.6 Å². The number of anilines is 1. The van der Waals surface area contributed by atoms with Crippen LogP contribution in [0.2, 0.25) is 0 Å². The predicted octanol–water partition coefficient (Wildman–Crippen LogP) is 3.34. The number of rotatable bonds is 4. The van der Waals surface area contributed by atoms with Crippen LogP contribution in [-0.4, -0.2) is 10.8 Å². The lowest BCUT2D eigenvalue weighted by atomic mass is 10.1. The maximum absolute atomic E-state index is 12.1. The summed E-state index contributed by atoms with van der Waals surface area (Å²) in [6, 6.07) is 15.8. The molecule has 21 heavy (non-hydrogen) atoms. The second-order valence-corrected chi connectivity index (χ2v) is 5.15. The van der Waals surface area contributed by atoms with E-state index in [0.717, 1.165) is 6.42 Å². The molecule has 1 amide bonds. The summed E-state index contributed by atoms with van der Waals surface area (Å²) in [5.41, 5.74) is 1.78. The number of nitro benzene ring substituents is 1. The molecule has 0 unspecified atom stereocenters. The second-order valence-electron chi connectivity index (χ2n) is 5.15. The number of carbonyl (C=O) groups excluding carboxylic acids is 1. The van der Waals surface area contributed by atoms with E-state index in [-0.39, 0.29) is 23.4 Å². The fourth-order valence-corrected chi connectivity index (χ4v) is 2.45. The molecule has 5 nitrogen and oxygen atoms in total. The quantitative estimate of drug-likeness (QED) is 0.690. The molecule has 2 aromatic rings. The molecule has 0 aromatic heterocycles. The Balaban J connectivity index is 1.62. The van der Waals surface area contributed by atoms with Crippen molar-refractivity contribution in [3.8, 4) is 0 Å². The van der Waals surface area contributed by atoms with Gasteiger partial charge >= 0.3 is 0 Å². The van der Waals surface area contributed by atoms with E-state index < -0.39 is 4.92 Å². The lowest BCUT2D eigenvalue weighted by Gasteiger charge is -2.04. The summed E-state index contributed by atoms with van der Waals surface area (Å²) >= 11 is 0. The third-order valence-electron chi connectivity index (χ3n) is 3.70. The van der Waals surface area contributed by atoms with Crippen LogP contribution in [0.4, 0.5) is 11.4 Å². The average molecular weight is 282 g/mol. The Morgan fingerprint density at radius 3 is 2.38 bits per heavy atom. The van der Waals surface area contributed by atoms with Gasteiger partial charge in [-0.15, -0.1) is 0 Å². The molecule has 1 N–H and O–H groups in total. The summed E-state index contributed by atoms with van der Waals surface area (Å²) in [6.07, 6.45) is 0.850. The van der Waals surface area contributed by atoms with Gasteiger partial charge in [-0.05, 0) is 30.0 Å². The maximum Gasteiger partial charge on any atom is 0.269 e. The first kappa shape index (κ1) is 13.3. The van der Waals surface area contributed by atoms with E-state index in [1.165, 1.54) is 17.7 Å². The van der Waals surface area contributed by atoms with Gasteiger partial charge in [0.25, 0.3) is 5.69 Å². The van der Waals surface area contributed by atoms with Crippen molar-refractivity contribution < 1.29 is 9.72 Å². The van der Waals surface area contributed by atoms with Crippen molar-refractivity contribution in [1.82, 2.24) is 0 Å². The Morgan fingerprint density at radius 1 is 1.10 bits per heavy atom. The number of hydrogen-bond donors (Lipinski definition) is 1. The molecular formula is C16H14N2O3. The SMILES string of the molecule is O=C(Nc1ccc([N+](=O)[O-])cc1)[C@@H]1C[C@H]1c1ccccc1. The summed E-state index contributed by atoms with van der Waals surface area (Å²) in [4.78, 5) is 22.2. The summed E-state index contributed by atoms with van der Waals surface area (Å²) < 4.78 is 0. The molecule has 106 valence electrons. The van der Waals surface area contributed by atoms with Gasteiger partial charge in [0.2, 0.25) is 5.91 Å². The summed E-state index contributed by atoms with van der Waals surface area (Å²) in [5.74, 6) is 0.240. The molecule has 1 aliphatic carbocycles. The molecule has 3 rings (SSSR count). The normalized spacial score (nSPS) is 19.8. The third kappa shape index (κ3) is 2.91. The topological polar surface area (TPSA) is 72.2 Å². The predicted molar refractivity (Wildman–Crippen MR) is 79.0 cm³/mol. The highest BCUT2D eigenvalue weighted by atomic mass is 16.6. The van der Waals surface area contributed by atoms with Gasteiger partial charge in [-0.3, -0.25) is 14.9 Å². The first-order valence-corrected chi connectivity index (χ1v) is 6.75. The highest BCUT2D eigenvalue weighted by Gasteiger charge is 2.43. The molecule has 0 bridgehead atoms. The smallest absolute Gasteiger partial charge is 0.269 e. The highest BCUT2D eigenvalue weighted by Crippen LogP contribution is 2.47. The Hall–Kier alpha value is -2.69. The number of non-ortho nitro benzene ring substituents is 1. The van der Waals surface area contributed by atoms with Gasteiger partial charge in [-0.1, -0.05) is 30.3 Å². The van der Waals surface area contributed by atoms with E-state index >= 15 is 0 Å². The second kappa shape index (κ2) is 5.36. The van der Waals surface area contributed by atoms with E-state index in [9.17, 15) is 14.9 Å². The molecule has 1 saturated carbocycles. The molecule has 0 saturated heterocycles. The standard InChI is InChI=1S/C16H14N2O3/c19-16(15-10-14(15)11-4-2-1-3-5-11)17-12-6-8-13(9-7-12)18(20)21/h1-9,14-15H,10H2,(H,17,19)/t14-,15+/m0/s1. The maximum atomic E-state index is 12.1. The molecule has 0 radical (unpaired) electrons. The average Bonchev–Trinajstić information content (AvgIpc) is 3.29. The van der Waals surface area contributed by atoms with Crippen LogP contribution in [0.3, 0.4) is 0 Å². The van der Waals surface area contributed by atoms with E-state index in [2.05, 4.69) is 5.32 Å².